The summed E-state index contributed by atoms with van der Waals surface area (Å²) in [4.78, 5) is 8.48. The molecular formula is C12H18N4. The Kier molecular flexibility index (Phi) is 4.17. The summed E-state index contributed by atoms with van der Waals surface area (Å²) in [6.45, 7) is 10.7. The third kappa shape index (κ3) is 3.15. The van der Waals surface area contributed by atoms with E-state index in [1.807, 2.05) is 32.8 Å². The maximum Gasteiger partial charge on any atom is 0.125 e. The molecule has 1 aromatic heterocycles. The molecule has 0 N–H and O–H groups in total. The van der Waals surface area contributed by atoms with Gasteiger partial charge in [0.2, 0.25) is 0 Å². The number of hydrogen-bond acceptors (Lipinski definition) is 4. The normalized spacial score (nSPS) is 10.8. The van der Waals surface area contributed by atoms with E-state index in [-0.39, 0.29) is 0 Å². The molecule has 0 unspecified atom stereocenters. The van der Waals surface area contributed by atoms with Crippen molar-refractivity contribution >= 4 is 11.8 Å². The maximum absolute atomic E-state index is 4.36. The molecule has 0 aliphatic carbocycles. The Morgan fingerprint density at radius 1 is 1.56 bits per heavy atom. The first-order valence-electron chi connectivity index (χ1n) is 5.29. The lowest BCUT2D eigenvalue weighted by Crippen LogP contribution is -2.10. The molecule has 1 aromatic rings. The van der Waals surface area contributed by atoms with Gasteiger partial charge in [0.05, 0.1) is 11.9 Å². The molecule has 0 spiro atoms. The molecule has 0 saturated carbocycles. The summed E-state index contributed by atoms with van der Waals surface area (Å²) in [7, 11) is 1.92. The second-order valence-electron chi connectivity index (χ2n) is 3.69. The summed E-state index contributed by atoms with van der Waals surface area (Å²) in [5, 5.41) is 6.08. The van der Waals surface area contributed by atoms with Gasteiger partial charge in [-0.05, 0) is 26.3 Å². The summed E-state index contributed by atoms with van der Waals surface area (Å²) >= 11 is 0. The van der Waals surface area contributed by atoms with Crippen molar-refractivity contribution in [3.63, 3.8) is 0 Å². The van der Waals surface area contributed by atoms with Crippen LogP contribution < -0.4 is 0 Å². The summed E-state index contributed by atoms with van der Waals surface area (Å²) in [6, 6.07) is 0. The Hall–Kier alpha value is -1.71. The Bertz CT molecular complexity index is 409. The number of aryl methyl sites for hydroxylation is 2. The quantitative estimate of drug-likeness (QED) is 0.573. The van der Waals surface area contributed by atoms with E-state index in [4.69, 9.17) is 0 Å². The van der Waals surface area contributed by atoms with E-state index in [1.165, 1.54) is 0 Å². The third-order valence-electron chi connectivity index (χ3n) is 2.26. The van der Waals surface area contributed by atoms with Gasteiger partial charge in [0, 0.05) is 25.4 Å². The Morgan fingerprint density at radius 3 is 2.88 bits per heavy atom. The Morgan fingerprint density at radius 2 is 2.25 bits per heavy atom. The lowest BCUT2D eigenvalue weighted by molar-refractivity contribution is 0.378. The summed E-state index contributed by atoms with van der Waals surface area (Å²) in [6.07, 6.45) is 3.54. The lowest BCUT2D eigenvalue weighted by Gasteiger charge is -2.09. The highest BCUT2D eigenvalue weighted by atomic mass is 15.4. The van der Waals surface area contributed by atoms with Gasteiger partial charge in [-0.15, -0.1) is 0 Å². The van der Waals surface area contributed by atoms with Crippen LogP contribution in [0.1, 0.15) is 24.0 Å². The molecule has 0 aromatic carbocycles. The molecule has 1 heterocycles. The molecule has 0 amide bonds. The van der Waals surface area contributed by atoms with Crippen molar-refractivity contribution in [3.05, 3.63) is 29.9 Å². The van der Waals surface area contributed by atoms with Crippen molar-refractivity contribution in [3.8, 4) is 0 Å². The van der Waals surface area contributed by atoms with Gasteiger partial charge in [-0.25, -0.2) is 9.97 Å². The number of allylic oxidation sites excluding steroid dienone is 1. The standard InChI is InChI=1S/C12H18N4/c1-6-16(5)14-8-10(3)12-9(2)7-13-11(4)15-12/h7-8H,3,6H2,1-2,4-5H3/b14-8-. The van der Waals surface area contributed by atoms with Gasteiger partial charge < -0.3 is 5.01 Å². The molecule has 16 heavy (non-hydrogen) atoms. The highest BCUT2D eigenvalue weighted by molar-refractivity contribution is 6.08. The predicted octanol–water partition coefficient (Wildman–Crippen LogP) is 2.04. The zero-order chi connectivity index (χ0) is 12.1. The number of hydrazone groups is 1. The zero-order valence-corrected chi connectivity index (χ0v) is 10.4. The SMILES string of the molecule is C=C(/C=N\N(C)CC)c1nc(C)ncc1C. The highest BCUT2D eigenvalue weighted by Gasteiger charge is 2.03. The number of rotatable bonds is 4. The first-order chi connectivity index (χ1) is 7.54. The molecule has 4 heteroatoms. The zero-order valence-electron chi connectivity index (χ0n) is 10.4. The predicted molar refractivity (Wildman–Crippen MR) is 67.3 cm³/mol. The van der Waals surface area contributed by atoms with Crippen LogP contribution in [0.2, 0.25) is 0 Å². The smallest absolute Gasteiger partial charge is 0.125 e. The van der Waals surface area contributed by atoms with Gasteiger partial charge in [-0.3, -0.25) is 0 Å². The lowest BCUT2D eigenvalue weighted by atomic mass is 10.1. The van der Waals surface area contributed by atoms with Gasteiger partial charge >= 0.3 is 0 Å². The van der Waals surface area contributed by atoms with Crippen molar-refractivity contribution in [2.24, 2.45) is 5.10 Å². The maximum atomic E-state index is 4.36. The van der Waals surface area contributed by atoms with Crippen LogP contribution in [0.15, 0.2) is 17.9 Å². The molecule has 0 radical (unpaired) electrons. The summed E-state index contributed by atoms with van der Waals surface area (Å²) in [5.74, 6) is 0.749. The van der Waals surface area contributed by atoms with E-state index in [0.29, 0.717) is 0 Å². The molecule has 0 bridgehead atoms. The first kappa shape index (κ1) is 12.4. The van der Waals surface area contributed by atoms with Crippen molar-refractivity contribution < 1.29 is 0 Å². The largest absolute Gasteiger partial charge is 0.300 e. The second kappa shape index (κ2) is 5.39. The molecule has 0 aliphatic heterocycles. The molecule has 4 nitrogen and oxygen atoms in total. The van der Waals surface area contributed by atoms with E-state index in [0.717, 1.165) is 29.2 Å². The van der Waals surface area contributed by atoms with Crippen molar-refractivity contribution in [1.29, 1.82) is 0 Å². The molecule has 0 aliphatic rings. The van der Waals surface area contributed by atoms with E-state index in [1.54, 1.807) is 12.4 Å². The van der Waals surface area contributed by atoms with Crippen LogP contribution in [-0.2, 0) is 0 Å². The minimum Gasteiger partial charge on any atom is -0.300 e. The fraction of sp³-hybridized carbons (Fsp3) is 0.417. The van der Waals surface area contributed by atoms with Gasteiger partial charge in [0.1, 0.15) is 5.82 Å². The van der Waals surface area contributed by atoms with E-state index < -0.39 is 0 Å². The number of hydrogen-bond donors (Lipinski definition) is 0. The van der Waals surface area contributed by atoms with Crippen LogP contribution in [0.4, 0.5) is 0 Å². The van der Waals surface area contributed by atoms with Crippen molar-refractivity contribution in [1.82, 2.24) is 15.0 Å². The second-order valence-corrected chi connectivity index (χ2v) is 3.69. The van der Waals surface area contributed by atoms with Gasteiger partial charge in [-0.2, -0.15) is 5.10 Å². The average Bonchev–Trinajstić information content (AvgIpc) is 2.28. The minimum absolute atomic E-state index is 0.749. The molecular weight excluding hydrogens is 200 g/mol. The van der Waals surface area contributed by atoms with Crippen LogP contribution in [0.5, 0.6) is 0 Å². The number of aromatic nitrogens is 2. The minimum atomic E-state index is 0.749. The van der Waals surface area contributed by atoms with E-state index in [9.17, 15) is 0 Å². The van der Waals surface area contributed by atoms with Crippen LogP contribution in [0.25, 0.3) is 5.57 Å². The molecule has 0 fully saturated rings. The summed E-state index contributed by atoms with van der Waals surface area (Å²) in [5.41, 5.74) is 2.69. The monoisotopic (exact) mass is 218 g/mol. The highest BCUT2D eigenvalue weighted by Crippen LogP contribution is 2.12. The molecule has 1 rings (SSSR count). The Labute approximate surface area is 96.7 Å². The topological polar surface area (TPSA) is 41.4 Å². The Balaban J connectivity index is 2.88. The fourth-order valence-electron chi connectivity index (χ4n) is 1.17. The third-order valence-corrected chi connectivity index (χ3v) is 2.26. The molecule has 0 saturated heterocycles. The first-order valence-corrected chi connectivity index (χ1v) is 5.29. The van der Waals surface area contributed by atoms with Crippen molar-refractivity contribution in [2.45, 2.75) is 20.8 Å². The van der Waals surface area contributed by atoms with Gasteiger partial charge in [0.25, 0.3) is 0 Å². The van der Waals surface area contributed by atoms with E-state index >= 15 is 0 Å². The number of nitrogens with zero attached hydrogens (tertiary/aromatic N) is 4. The van der Waals surface area contributed by atoms with Gasteiger partial charge in [0.15, 0.2) is 0 Å². The molecule has 86 valence electrons. The molecule has 0 atom stereocenters. The van der Waals surface area contributed by atoms with Crippen LogP contribution in [0.3, 0.4) is 0 Å². The summed E-state index contributed by atoms with van der Waals surface area (Å²) < 4.78 is 0. The van der Waals surface area contributed by atoms with Gasteiger partial charge in [-0.1, -0.05) is 6.58 Å². The fourth-order valence-corrected chi connectivity index (χ4v) is 1.17. The average molecular weight is 218 g/mol. The van der Waals surface area contributed by atoms with Crippen LogP contribution >= 0.6 is 0 Å². The van der Waals surface area contributed by atoms with Crippen molar-refractivity contribution in [2.75, 3.05) is 13.6 Å². The van der Waals surface area contributed by atoms with Crippen LogP contribution in [-0.4, -0.2) is 34.8 Å². The van der Waals surface area contributed by atoms with E-state index in [2.05, 4.69) is 21.6 Å². The van der Waals surface area contributed by atoms with Crippen LogP contribution in [0, 0.1) is 13.8 Å².